The van der Waals surface area contributed by atoms with E-state index < -0.39 is 15.4 Å². The molecule has 20 heavy (non-hydrogen) atoms. The molecule has 0 aromatic heterocycles. The molecule has 0 unspecified atom stereocenters. The van der Waals surface area contributed by atoms with Crippen LogP contribution in [0.5, 0.6) is 0 Å². The Morgan fingerprint density at radius 2 is 1.80 bits per heavy atom. The summed E-state index contributed by atoms with van der Waals surface area (Å²) in [6, 6.07) is 8.68. The fourth-order valence-corrected chi connectivity index (χ4v) is 2.19. The van der Waals surface area contributed by atoms with Gasteiger partial charge >= 0.3 is 0 Å². The maximum absolute atomic E-state index is 11.3. The zero-order valence-electron chi connectivity index (χ0n) is 10.2. The molecule has 0 fully saturated rings. The summed E-state index contributed by atoms with van der Waals surface area (Å²) in [6.45, 7) is 0. The van der Waals surface area contributed by atoms with Gasteiger partial charge in [-0.1, -0.05) is 11.6 Å². The number of benzene rings is 1. The first-order valence-electron chi connectivity index (χ1n) is 5.04. The van der Waals surface area contributed by atoms with Crippen molar-refractivity contribution in [2.24, 2.45) is 0 Å². The van der Waals surface area contributed by atoms with E-state index in [0.717, 1.165) is 6.26 Å². The summed E-state index contributed by atoms with van der Waals surface area (Å²) in [5, 5.41) is 28.8. The SMILES string of the molecule is CS(=O)(=O)c1ccc(NC(C#N)=C(C#N)C#N)c(Cl)c1. The molecular weight excluding hydrogens is 300 g/mol. The van der Waals surface area contributed by atoms with Crippen molar-refractivity contribution in [2.45, 2.75) is 4.90 Å². The maximum Gasteiger partial charge on any atom is 0.175 e. The second-order valence-electron chi connectivity index (χ2n) is 3.62. The highest BCUT2D eigenvalue weighted by atomic mass is 35.5. The molecule has 0 heterocycles. The lowest BCUT2D eigenvalue weighted by atomic mass is 10.2. The van der Waals surface area contributed by atoms with Gasteiger partial charge in [0.25, 0.3) is 0 Å². The molecule has 100 valence electrons. The minimum absolute atomic E-state index is 0.0244. The molecule has 0 aliphatic rings. The van der Waals surface area contributed by atoms with Gasteiger partial charge in [-0.05, 0) is 18.2 Å². The molecule has 0 aliphatic carbocycles. The molecule has 1 aromatic rings. The quantitative estimate of drug-likeness (QED) is 0.853. The van der Waals surface area contributed by atoms with Gasteiger partial charge in [0.05, 0.1) is 15.6 Å². The minimum atomic E-state index is -3.40. The number of sulfone groups is 1. The lowest BCUT2D eigenvalue weighted by Crippen LogP contribution is -2.03. The predicted molar refractivity (Wildman–Crippen MR) is 72.0 cm³/mol. The highest BCUT2D eigenvalue weighted by Gasteiger charge is 2.12. The van der Waals surface area contributed by atoms with Gasteiger partial charge in [0, 0.05) is 6.26 Å². The number of nitrogens with zero attached hydrogens (tertiary/aromatic N) is 3. The Labute approximate surface area is 121 Å². The van der Waals surface area contributed by atoms with Crippen molar-refractivity contribution in [3.8, 4) is 18.2 Å². The molecule has 8 heteroatoms. The molecule has 0 saturated heterocycles. The van der Waals surface area contributed by atoms with Crippen LogP contribution in [0.2, 0.25) is 5.02 Å². The summed E-state index contributed by atoms with van der Waals surface area (Å²) in [6.07, 6.45) is 1.04. The van der Waals surface area contributed by atoms with Gasteiger partial charge in [0.1, 0.15) is 23.9 Å². The van der Waals surface area contributed by atoms with Gasteiger partial charge in [-0.2, -0.15) is 15.8 Å². The van der Waals surface area contributed by atoms with Crippen LogP contribution in [0.15, 0.2) is 34.4 Å². The first-order valence-corrected chi connectivity index (χ1v) is 7.31. The van der Waals surface area contributed by atoms with Gasteiger partial charge in [0.15, 0.2) is 15.4 Å². The molecule has 0 radical (unpaired) electrons. The van der Waals surface area contributed by atoms with Crippen LogP contribution in [0.25, 0.3) is 0 Å². The van der Waals surface area contributed by atoms with Crippen molar-refractivity contribution in [1.82, 2.24) is 0 Å². The highest BCUT2D eigenvalue weighted by Crippen LogP contribution is 2.26. The molecule has 0 aliphatic heterocycles. The normalized spacial score (nSPS) is 9.75. The number of allylic oxidation sites excluding steroid dienone is 2. The number of nitrogens with one attached hydrogen (secondary N) is 1. The van der Waals surface area contributed by atoms with Crippen LogP contribution in [0, 0.1) is 34.0 Å². The van der Waals surface area contributed by atoms with Gasteiger partial charge in [-0.15, -0.1) is 0 Å². The summed E-state index contributed by atoms with van der Waals surface area (Å²) < 4.78 is 22.7. The minimum Gasteiger partial charge on any atom is -0.344 e. The Hall–Kier alpha value is -2.53. The number of anilines is 1. The standard InChI is InChI=1S/C12H7ClN4O2S/c1-20(18,19)9-2-3-11(10(13)4-9)17-12(7-16)8(5-14)6-15/h2-4,17H,1H3. The van der Waals surface area contributed by atoms with Crippen LogP contribution in [0.1, 0.15) is 0 Å². The van der Waals surface area contributed by atoms with E-state index in [1.54, 1.807) is 18.2 Å². The van der Waals surface area contributed by atoms with Gasteiger partial charge < -0.3 is 5.32 Å². The van der Waals surface area contributed by atoms with Crippen molar-refractivity contribution in [3.05, 3.63) is 34.5 Å². The monoisotopic (exact) mass is 306 g/mol. The first kappa shape index (κ1) is 15.5. The molecule has 0 spiro atoms. The van der Waals surface area contributed by atoms with Gasteiger partial charge in [-0.25, -0.2) is 8.42 Å². The number of halogens is 1. The Bertz CT molecular complexity index is 791. The topological polar surface area (TPSA) is 118 Å². The highest BCUT2D eigenvalue weighted by molar-refractivity contribution is 7.90. The summed E-state index contributed by atoms with van der Waals surface area (Å²) in [7, 11) is -3.40. The Morgan fingerprint density at radius 1 is 1.20 bits per heavy atom. The van der Waals surface area contributed by atoms with Crippen LogP contribution in [0.4, 0.5) is 5.69 Å². The lowest BCUT2D eigenvalue weighted by molar-refractivity contribution is 0.602. The second kappa shape index (κ2) is 6.08. The van der Waals surface area contributed by atoms with E-state index in [4.69, 9.17) is 27.4 Å². The van der Waals surface area contributed by atoms with Crippen molar-refractivity contribution in [2.75, 3.05) is 11.6 Å². The number of rotatable bonds is 3. The fraction of sp³-hybridized carbons (Fsp3) is 0.0833. The molecule has 6 nitrogen and oxygen atoms in total. The zero-order valence-corrected chi connectivity index (χ0v) is 11.7. The summed E-state index contributed by atoms with van der Waals surface area (Å²) in [4.78, 5) is 0.0244. The molecular formula is C12H7ClN4O2S. The van der Waals surface area contributed by atoms with E-state index in [2.05, 4.69) is 5.32 Å². The van der Waals surface area contributed by atoms with E-state index in [0.29, 0.717) is 0 Å². The molecule has 1 N–H and O–H groups in total. The van der Waals surface area contributed by atoms with Crippen molar-refractivity contribution in [1.29, 1.82) is 15.8 Å². The largest absolute Gasteiger partial charge is 0.344 e. The second-order valence-corrected chi connectivity index (χ2v) is 6.05. The number of hydrogen-bond acceptors (Lipinski definition) is 6. The molecule has 0 amide bonds. The summed E-state index contributed by atoms with van der Waals surface area (Å²) >= 11 is 5.90. The van der Waals surface area contributed by atoms with Crippen LogP contribution in [-0.2, 0) is 9.84 Å². The summed E-state index contributed by atoms with van der Waals surface area (Å²) in [5.41, 5.74) is -0.432. The van der Waals surface area contributed by atoms with Crippen LogP contribution in [-0.4, -0.2) is 14.7 Å². The van der Waals surface area contributed by atoms with E-state index >= 15 is 0 Å². The van der Waals surface area contributed by atoms with Gasteiger partial charge in [-0.3, -0.25) is 0 Å². The zero-order chi connectivity index (χ0) is 15.3. The van der Waals surface area contributed by atoms with Crippen LogP contribution < -0.4 is 5.32 Å². The Morgan fingerprint density at radius 3 is 2.20 bits per heavy atom. The number of nitriles is 3. The fourth-order valence-electron chi connectivity index (χ4n) is 1.25. The summed E-state index contributed by atoms with van der Waals surface area (Å²) in [5.74, 6) is 0. The molecule has 1 rings (SSSR count). The molecule has 1 aromatic carbocycles. The lowest BCUT2D eigenvalue weighted by Gasteiger charge is -2.08. The first-order chi connectivity index (χ1) is 9.33. The Balaban J connectivity index is 3.27. The molecule has 0 saturated carbocycles. The van der Waals surface area contributed by atoms with E-state index in [1.165, 1.54) is 18.2 Å². The van der Waals surface area contributed by atoms with Gasteiger partial charge in [0.2, 0.25) is 0 Å². The predicted octanol–water partition coefficient (Wildman–Crippen LogP) is 1.98. The third-order valence-corrected chi connectivity index (χ3v) is 3.64. The maximum atomic E-state index is 11.3. The van der Waals surface area contributed by atoms with Crippen LogP contribution in [0.3, 0.4) is 0 Å². The Kier molecular flexibility index (Phi) is 4.72. The average molecular weight is 307 g/mol. The molecule has 0 bridgehead atoms. The van der Waals surface area contributed by atoms with Crippen LogP contribution >= 0.6 is 11.6 Å². The van der Waals surface area contributed by atoms with E-state index in [1.807, 2.05) is 0 Å². The van der Waals surface area contributed by atoms with E-state index in [-0.39, 0.29) is 21.3 Å². The average Bonchev–Trinajstić information content (AvgIpc) is 2.39. The third-order valence-electron chi connectivity index (χ3n) is 2.21. The van der Waals surface area contributed by atoms with Crippen molar-refractivity contribution >= 4 is 27.1 Å². The number of hydrogen-bond donors (Lipinski definition) is 1. The van der Waals surface area contributed by atoms with Crippen molar-refractivity contribution < 1.29 is 8.42 Å². The molecule has 0 atom stereocenters. The van der Waals surface area contributed by atoms with E-state index in [9.17, 15) is 8.42 Å². The smallest absolute Gasteiger partial charge is 0.175 e. The van der Waals surface area contributed by atoms with Crippen molar-refractivity contribution in [3.63, 3.8) is 0 Å². The third kappa shape index (κ3) is 3.49.